The van der Waals surface area contributed by atoms with Gasteiger partial charge < -0.3 is 15.7 Å². The fraction of sp³-hybridized carbons (Fsp3) is 0.111. The van der Waals surface area contributed by atoms with E-state index in [1.165, 1.54) is 41.5 Å². The van der Waals surface area contributed by atoms with Gasteiger partial charge in [-0.2, -0.15) is 13.2 Å². The molecule has 2 aromatic heterocycles. The lowest BCUT2D eigenvalue weighted by atomic mass is 10.1. The molecule has 0 aliphatic heterocycles. The first-order valence-corrected chi connectivity index (χ1v) is 8.15. The first-order valence-electron chi connectivity index (χ1n) is 8.15. The van der Waals surface area contributed by atoms with Crippen molar-refractivity contribution in [3.05, 3.63) is 77.5 Å². The van der Waals surface area contributed by atoms with Crippen LogP contribution >= 0.6 is 0 Å². The molecule has 0 aliphatic carbocycles. The fourth-order valence-electron chi connectivity index (χ4n) is 2.64. The smallest absolute Gasteiger partial charge is 0.397 e. The molecule has 0 radical (unpaired) electrons. The highest BCUT2D eigenvalue weighted by Gasteiger charge is 2.36. The van der Waals surface area contributed by atoms with Gasteiger partial charge in [-0.3, -0.25) is 10.8 Å². The van der Waals surface area contributed by atoms with Crippen LogP contribution in [0.1, 0.15) is 11.1 Å². The van der Waals surface area contributed by atoms with Crippen LogP contribution in [0.3, 0.4) is 0 Å². The van der Waals surface area contributed by atoms with Crippen LogP contribution in [0.4, 0.5) is 22.0 Å². The molecule has 0 unspecified atom stereocenters. The molecule has 5 N–H and O–H groups in total. The third kappa shape index (κ3) is 4.35. The number of hydrogen-bond donors (Lipinski definition) is 3. The number of hydrazine groups is 1. The van der Waals surface area contributed by atoms with Crippen molar-refractivity contribution in [2.75, 3.05) is 0 Å². The molecule has 6 nitrogen and oxygen atoms in total. The Balaban J connectivity index is 1.92. The van der Waals surface area contributed by atoms with Gasteiger partial charge in [0.25, 0.3) is 0 Å². The first kappa shape index (κ1) is 20.3. The van der Waals surface area contributed by atoms with Crippen LogP contribution in [0, 0.1) is 11.6 Å². The van der Waals surface area contributed by atoms with Gasteiger partial charge >= 0.3 is 6.18 Å². The summed E-state index contributed by atoms with van der Waals surface area (Å²) in [4.78, 5) is 8.15. The summed E-state index contributed by atoms with van der Waals surface area (Å²) in [6.07, 6.45) is -0.716. The highest BCUT2D eigenvalue weighted by atomic mass is 19.4. The van der Waals surface area contributed by atoms with Crippen molar-refractivity contribution < 1.29 is 22.0 Å². The van der Waals surface area contributed by atoms with Crippen LogP contribution in [0.15, 0.2) is 54.7 Å². The Bertz CT molecular complexity index is 1040. The van der Waals surface area contributed by atoms with E-state index in [0.29, 0.717) is 0 Å². The average Bonchev–Trinajstić information content (AvgIpc) is 3.13. The Kier molecular flexibility index (Phi) is 5.50. The molecule has 152 valence electrons. The summed E-state index contributed by atoms with van der Waals surface area (Å²) in [6.45, 7) is -0.122. The second kappa shape index (κ2) is 7.87. The van der Waals surface area contributed by atoms with Crippen molar-refractivity contribution in [2.24, 2.45) is 11.6 Å². The lowest BCUT2D eigenvalue weighted by molar-refractivity contribution is -0.0961. The summed E-state index contributed by atoms with van der Waals surface area (Å²) in [5.74, 6) is 3.54. The first-order chi connectivity index (χ1) is 13.7. The Morgan fingerprint density at radius 1 is 1.07 bits per heavy atom. The molecule has 3 rings (SSSR count). The van der Waals surface area contributed by atoms with Gasteiger partial charge in [-0.15, -0.1) is 0 Å². The second-order valence-corrected chi connectivity index (χ2v) is 5.99. The van der Waals surface area contributed by atoms with Crippen molar-refractivity contribution in [3.8, 4) is 11.4 Å². The molecule has 2 heterocycles. The molecular weight excluding hydrogens is 395 g/mol. The molecule has 0 amide bonds. The maximum absolute atomic E-state index is 13.8. The number of nitrogens with zero attached hydrogens (tertiary/aromatic N) is 3. The van der Waals surface area contributed by atoms with E-state index in [4.69, 9.17) is 11.6 Å². The average molecular weight is 410 g/mol. The van der Waals surface area contributed by atoms with Gasteiger partial charge in [0.1, 0.15) is 17.3 Å². The third-order valence-corrected chi connectivity index (χ3v) is 4.07. The zero-order chi connectivity index (χ0) is 21.2. The minimum atomic E-state index is -4.77. The summed E-state index contributed by atoms with van der Waals surface area (Å²) in [7, 11) is 0. The van der Waals surface area contributed by atoms with E-state index in [-0.39, 0.29) is 29.1 Å². The second-order valence-electron chi connectivity index (χ2n) is 5.99. The van der Waals surface area contributed by atoms with Crippen LogP contribution in [0.25, 0.3) is 17.1 Å². The fourth-order valence-corrected chi connectivity index (χ4v) is 2.64. The van der Waals surface area contributed by atoms with Gasteiger partial charge in [-0.05, 0) is 24.3 Å². The quantitative estimate of drug-likeness (QED) is 0.342. The molecule has 3 aromatic rings. The van der Waals surface area contributed by atoms with E-state index >= 15 is 0 Å². The van der Waals surface area contributed by atoms with E-state index in [1.54, 1.807) is 5.43 Å². The van der Waals surface area contributed by atoms with Crippen LogP contribution in [0.2, 0.25) is 0 Å². The number of hydrogen-bond acceptors (Lipinski definition) is 5. The van der Waals surface area contributed by atoms with E-state index in [2.05, 4.69) is 9.97 Å². The summed E-state index contributed by atoms with van der Waals surface area (Å²) in [5, 5.41) is 0. The van der Waals surface area contributed by atoms with E-state index in [0.717, 1.165) is 12.1 Å². The van der Waals surface area contributed by atoms with Gasteiger partial charge in [0.15, 0.2) is 5.70 Å². The van der Waals surface area contributed by atoms with Crippen molar-refractivity contribution in [3.63, 3.8) is 0 Å². The molecule has 0 saturated heterocycles. The van der Waals surface area contributed by atoms with Crippen molar-refractivity contribution >= 4 is 5.70 Å². The number of nitrogens with two attached hydrogens (primary N) is 2. The number of rotatable bonds is 5. The van der Waals surface area contributed by atoms with Gasteiger partial charge in [0, 0.05) is 23.5 Å². The number of halogens is 5. The number of nitrogens with one attached hydrogen (secondary N) is 1. The number of aromatic nitrogens is 3. The van der Waals surface area contributed by atoms with Crippen LogP contribution in [-0.4, -0.2) is 20.7 Å². The topological polar surface area (TPSA) is 94.8 Å². The normalized spacial score (nSPS) is 12.6. The van der Waals surface area contributed by atoms with Gasteiger partial charge in [-0.1, -0.05) is 6.07 Å². The molecule has 0 aliphatic rings. The SMILES string of the molecule is NN/C(=C(\N)c1ccnc(-c2cn(Cc3c(F)cccc3F)cn2)c1)C(F)(F)F. The molecule has 11 heteroatoms. The maximum Gasteiger partial charge on any atom is 0.434 e. The number of pyridine rings is 1. The van der Waals surface area contributed by atoms with Crippen LogP contribution < -0.4 is 17.0 Å². The molecule has 0 spiro atoms. The summed E-state index contributed by atoms with van der Waals surface area (Å²) < 4.78 is 68.0. The Labute approximate surface area is 161 Å². The highest BCUT2D eigenvalue weighted by Crippen LogP contribution is 2.28. The number of allylic oxidation sites excluding steroid dienone is 1. The van der Waals surface area contributed by atoms with Gasteiger partial charge in [0.2, 0.25) is 0 Å². The molecule has 1 aromatic carbocycles. The van der Waals surface area contributed by atoms with Crippen molar-refractivity contribution in [1.29, 1.82) is 0 Å². The Morgan fingerprint density at radius 3 is 2.38 bits per heavy atom. The zero-order valence-electron chi connectivity index (χ0n) is 14.7. The van der Waals surface area contributed by atoms with Crippen molar-refractivity contribution in [1.82, 2.24) is 20.0 Å². The predicted octanol–water partition coefficient (Wildman–Crippen LogP) is 2.92. The molecule has 0 fully saturated rings. The lowest BCUT2D eigenvalue weighted by Crippen LogP contribution is -2.34. The number of benzene rings is 1. The van der Waals surface area contributed by atoms with E-state index in [9.17, 15) is 22.0 Å². The Hall–Kier alpha value is -3.47. The molecule has 0 atom stereocenters. The highest BCUT2D eigenvalue weighted by molar-refractivity contribution is 5.69. The van der Waals surface area contributed by atoms with Gasteiger partial charge in [-0.25, -0.2) is 13.8 Å². The van der Waals surface area contributed by atoms with Gasteiger partial charge in [0.05, 0.1) is 24.3 Å². The largest absolute Gasteiger partial charge is 0.434 e. The third-order valence-electron chi connectivity index (χ3n) is 4.07. The molecule has 29 heavy (non-hydrogen) atoms. The number of alkyl halides is 3. The zero-order valence-corrected chi connectivity index (χ0v) is 14.7. The van der Waals surface area contributed by atoms with Crippen LogP contribution in [0.5, 0.6) is 0 Å². The van der Waals surface area contributed by atoms with Crippen molar-refractivity contribution in [2.45, 2.75) is 12.7 Å². The monoisotopic (exact) mass is 410 g/mol. The van der Waals surface area contributed by atoms with Crippen LogP contribution in [-0.2, 0) is 6.54 Å². The number of imidazole rings is 1. The molecule has 0 saturated carbocycles. The summed E-state index contributed by atoms with van der Waals surface area (Å²) in [5.41, 5.74) is 5.63. The minimum Gasteiger partial charge on any atom is -0.397 e. The maximum atomic E-state index is 13.8. The Morgan fingerprint density at radius 2 is 1.76 bits per heavy atom. The summed E-state index contributed by atoms with van der Waals surface area (Å²) >= 11 is 0. The van der Waals surface area contributed by atoms with E-state index in [1.807, 2.05) is 0 Å². The molecular formula is C18H15F5N6. The van der Waals surface area contributed by atoms with E-state index < -0.39 is 29.2 Å². The summed E-state index contributed by atoms with van der Waals surface area (Å²) in [6, 6.07) is 6.12. The molecule has 0 bridgehead atoms. The standard InChI is InChI=1S/C18H15F5N6/c19-12-2-1-3-13(20)11(12)7-29-8-15(27-9-29)14-6-10(4-5-26-14)16(24)17(28-25)18(21,22)23/h1-6,8-9,28H,7,24-25H2/b17-16-. The lowest BCUT2D eigenvalue weighted by Gasteiger charge is -2.14. The predicted molar refractivity (Wildman–Crippen MR) is 95.4 cm³/mol. The minimum absolute atomic E-state index is 0.0231.